The maximum Gasteiger partial charge on any atom is 0.382 e. The van der Waals surface area contributed by atoms with E-state index in [1.165, 1.54) is 0 Å². The second-order valence-corrected chi connectivity index (χ2v) is 4.92. The Bertz CT molecular complexity index is 465. The Morgan fingerprint density at radius 1 is 1.05 bits per heavy atom. The fraction of sp³-hybridized carbons (Fsp3) is 0.750. The van der Waals surface area contributed by atoms with Gasteiger partial charge >= 0.3 is 34.3 Å². The van der Waals surface area contributed by atoms with E-state index < -0.39 is 39.8 Å². The normalized spacial score (nSPS) is 15.1. The zero-order valence-electron chi connectivity index (χ0n) is 10.3. The molecular formula is C8H10F9NO3S. The summed E-state index contributed by atoms with van der Waals surface area (Å²) in [5.74, 6) is -20.5. The zero-order chi connectivity index (χ0) is 18.6. The van der Waals surface area contributed by atoms with Crippen molar-refractivity contribution in [2.75, 3.05) is 6.54 Å². The highest BCUT2D eigenvalue weighted by Crippen LogP contribution is 2.51. The standard InChI is InChI=1S/C5H3F9O3S.C3H7N/c6-1(7)3(9,10)5(13,14)4(11,12)2(8)18(15,16)17;1-2-3-4/h1-2H,(H,15,16,17);2H,1,3-4H2. The van der Waals surface area contributed by atoms with Gasteiger partial charge in [0.25, 0.3) is 5.50 Å². The fourth-order valence-corrected chi connectivity index (χ4v) is 1.21. The molecule has 0 aliphatic rings. The number of alkyl halides is 9. The molecule has 0 aliphatic heterocycles. The third-order valence-electron chi connectivity index (χ3n) is 1.82. The number of nitrogens with two attached hydrogens (primary N) is 1. The van der Waals surface area contributed by atoms with Crippen LogP contribution >= 0.6 is 0 Å². The van der Waals surface area contributed by atoms with Crippen LogP contribution < -0.4 is 5.73 Å². The Labute approximate surface area is 118 Å². The van der Waals surface area contributed by atoms with Crippen LogP contribution in [0, 0.1) is 0 Å². The minimum Gasteiger partial charge on any atom is -0.327 e. The van der Waals surface area contributed by atoms with E-state index in [4.69, 9.17) is 10.3 Å². The van der Waals surface area contributed by atoms with E-state index in [2.05, 4.69) is 6.58 Å². The molecule has 0 spiro atoms. The molecule has 0 fully saturated rings. The Morgan fingerprint density at radius 3 is 1.55 bits per heavy atom. The first kappa shape index (κ1) is 23.2. The van der Waals surface area contributed by atoms with Crippen LogP contribution in [0.15, 0.2) is 12.7 Å². The molecule has 4 nitrogen and oxygen atoms in total. The number of hydrogen-bond acceptors (Lipinski definition) is 3. The molecule has 0 rings (SSSR count). The predicted octanol–water partition coefficient (Wildman–Crippen LogP) is 2.47. The predicted molar refractivity (Wildman–Crippen MR) is 56.5 cm³/mol. The monoisotopic (exact) mass is 371 g/mol. The van der Waals surface area contributed by atoms with Crippen molar-refractivity contribution in [2.45, 2.75) is 29.7 Å². The Balaban J connectivity index is 0. The maximum atomic E-state index is 12.5. The van der Waals surface area contributed by atoms with Crippen molar-refractivity contribution >= 4 is 10.1 Å². The summed E-state index contributed by atoms with van der Waals surface area (Å²) in [6.45, 7) is 3.94. The van der Waals surface area contributed by atoms with Crippen molar-refractivity contribution in [3.63, 3.8) is 0 Å². The van der Waals surface area contributed by atoms with Gasteiger partial charge in [-0.1, -0.05) is 6.08 Å². The molecule has 1 unspecified atom stereocenters. The van der Waals surface area contributed by atoms with Crippen molar-refractivity contribution in [3.05, 3.63) is 12.7 Å². The van der Waals surface area contributed by atoms with Crippen molar-refractivity contribution in [1.29, 1.82) is 0 Å². The average molecular weight is 371 g/mol. The molecule has 0 aromatic rings. The highest BCUT2D eigenvalue weighted by molar-refractivity contribution is 7.86. The van der Waals surface area contributed by atoms with E-state index in [0.717, 1.165) is 0 Å². The van der Waals surface area contributed by atoms with Gasteiger partial charge in [0, 0.05) is 6.54 Å². The smallest absolute Gasteiger partial charge is 0.327 e. The van der Waals surface area contributed by atoms with Crippen LogP contribution in [0.3, 0.4) is 0 Å². The van der Waals surface area contributed by atoms with Crippen LogP contribution in [0.1, 0.15) is 0 Å². The summed E-state index contributed by atoms with van der Waals surface area (Å²) in [7, 11) is -6.50. The third kappa shape index (κ3) is 4.74. The van der Waals surface area contributed by atoms with Crippen LogP contribution in [0.5, 0.6) is 0 Å². The van der Waals surface area contributed by atoms with Crippen molar-refractivity contribution in [1.82, 2.24) is 0 Å². The molecule has 3 N–H and O–H groups in total. The lowest BCUT2D eigenvalue weighted by Gasteiger charge is -2.32. The van der Waals surface area contributed by atoms with E-state index in [1.54, 1.807) is 6.08 Å². The minimum absolute atomic E-state index is 0.583. The lowest BCUT2D eigenvalue weighted by atomic mass is 10.1. The average Bonchev–Trinajstić information content (AvgIpc) is 2.36. The zero-order valence-corrected chi connectivity index (χ0v) is 11.1. The first-order valence-electron chi connectivity index (χ1n) is 4.84. The quantitative estimate of drug-likeness (QED) is 0.427. The molecule has 22 heavy (non-hydrogen) atoms. The largest absolute Gasteiger partial charge is 0.382 e. The van der Waals surface area contributed by atoms with E-state index in [9.17, 15) is 47.9 Å². The van der Waals surface area contributed by atoms with E-state index >= 15 is 0 Å². The lowest BCUT2D eigenvalue weighted by molar-refractivity contribution is -0.344. The molecule has 0 bridgehead atoms. The van der Waals surface area contributed by atoms with Crippen LogP contribution in [0.4, 0.5) is 39.5 Å². The van der Waals surface area contributed by atoms with Gasteiger partial charge in [-0.3, -0.25) is 4.55 Å². The van der Waals surface area contributed by atoms with E-state index in [1.807, 2.05) is 0 Å². The van der Waals surface area contributed by atoms with Gasteiger partial charge in [0.1, 0.15) is 0 Å². The molecule has 14 heteroatoms. The Hall–Kier alpha value is -1.02. The second kappa shape index (κ2) is 7.50. The molecule has 0 amide bonds. The van der Waals surface area contributed by atoms with Gasteiger partial charge in [-0.15, -0.1) is 6.58 Å². The van der Waals surface area contributed by atoms with Crippen molar-refractivity contribution in [2.24, 2.45) is 5.73 Å². The van der Waals surface area contributed by atoms with Gasteiger partial charge in [-0.25, -0.2) is 13.2 Å². The first-order chi connectivity index (χ1) is 9.51. The molecule has 0 saturated carbocycles. The topological polar surface area (TPSA) is 80.4 Å². The summed E-state index contributed by atoms with van der Waals surface area (Å²) >= 11 is 0. The summed E-state index contributed by atoms with van der Waals surface area (Å²) in [5.41, 5.74) is -0.280. The molecule has 0 aromatic heterocycles. The minimum atomic E-state index is -7.04. The molecule has 0 saturated heterocycles. The van der Waals surface area contributed by atoms with Gasteiger partial charge in [0.15, 0.2) is 0 Å². The summed E-state index contributed by atoms with van der Waals surface area (Å²) in [5, 5.41) is 0. The molecular weight excluding hydrogens is 361 g/mol. The molecule has 0 heterocycles. The number of rotatable bonds is 6. The number of hydrogen-bond donors (Lipinski definition) is 2. The van der Waals surface area contributed by atoms with Crippen LogP contribution in [-0.2, 0) is 10.1 Å². The fourth-order valence-electron chi connectivity index (χ4n) is 0.689. The summed E-state index contributed by atoms with van der Waals surface area (Å²) in [6.07, 6.45) is -3.66. The van der Waals surface area contributed by atoms with E-state index in [-0.39, 0.29) is 0 Å². The Morgan fingerprint density at radius 2 is 1.36 bits per heavy atom. The number of halogens is 9. The second-order valence-electron chi connectivity index (χ2n) is 3.48. The highest BCUT2D eigenvalue weighted by atomic mass is 32.2. The summed E-state index contributed by atoms with van der Waals surface area (Å²) < 4.78 is 137. The van der Waals surface area contributed by atoms with Gasteiger partial charge in [0.05, 0.1) is 0 Å². The molecule has 0 radical (unpaired) electrons. The van der Waals surface area contributed by atoms with Gasteiger partial charge in [-0.2, -0.15) is 34.8 Å². The molecule has 0 aliphatic carbocycles. The van der Waals surface area contributed by atoms with E-state index in [0.29, 0.717) is 6.54 Å². The van der Waals surface area contributed by atoms with Crippen LogP contribution in [0.2, 0.25) is 0 Å². The van der Waals surface area contributed by atoms with Gasteiger partial charge in [0.2, 0.25) is 0 Å². The van der Waals surface area contributed by atoms with Gasteiger partial charge < -0.3 is 5.73 Å². The Kier molecular flexibility index (Phi) is 7.93. The summed E-state index contributed by atoms with van der Waals surface area (Å²) in [6, 6.07) is 0. The van der Waals surface area contributed by atoms with Crippen LogP contribution in [0.25, 0.3) is 0 Å². The van der Waals surface area contributed by atoms with Crippen molar-refractivity contribution < 1.29 is 52.5 Å². The third-order valence-corrected chi connectivity index (χ3v) is 2.64. The van der Waals surface area contributed by atoms with Crippen LogP contribution in [-0.4, -0.2) is 49.2 Å². The summed E-state index contributed by atoms with van der Waals surface area (Å²) in [4.78, 5) is 0. The molecule has 1 atom stereocenters. The SMILES string of the molecule is C=CCN.O=S(=O)(O)C(F)C(F)(F)C(F)(F)C(F)(F)C(F)F. The molecule has 0 aromatic carbocycles. The van der Waals surface area contributed by atoms with Gasteiger partial charge in [-0.05, 0) is 0 Å². The first-order valence-corrected chi connectivity index (χ1v) is 6.35. The molecule has 134 valence electrons. The van der Waals surface area contributed by atoms with Crippen molar-refractivity contribution in [3.8, 4) is 0 Å². The highest BCUT2D eigenvalue weighted by Gasteiger charge is 2.79. The maximum absolute atomic E-state index is 12.5. The lowest BCUT2D eigenvalue weighted by Crippen LogP contribution is -2.62.